The van der Waals surface area contributed by atoms with E-state index in [2.05, 4.69) is 9.72 Å². The summed E-state index contributed by atoms with van der Waals surface area (Å²) < 4.78 is 10.0. The normalized spacial score (nSPS) is 14.8. The van der Waals surface area contributed by atoms with Crippen molar-refractivity contribution in [2.75, 3.05) is 7.11 Å². The Bertz CT molecular complexity index is 766. The molecular weight excluding hydrogens is 356 g/mol. The lowest BCUT2D eigenvalue weighted by atomic mass is 9.93. The molecule has 1 saturated carbocycles. The number of methoxy groups -OCH3 is 1. The Labute approximate surface area is 157 Å². The van der Waals surface area contributed by atoms with Crippen molar-refractivity contribution in [3.8, 4) is 0 Å². The predicted molar refractivity (Wildman–Crippen MR) is 96.0 cm³/mol. The SMILES string of the molecule is COC(=O)c1coc(CN(C(=O)c2ccc(Cl)cc2)C2CCCCC2)n1. The smallest absolute Gasteiger partial charge is 0.360 e. The summed E-state index contributed by atoms with van der Waals surface area (Å²) in [6, 6.07) is 6.97. The molecule has 6 nitrogen and oxygen atoms in total. The number of hydrogen-bond donors (Lipinski definition) is 0. The number of amides is 1. The molecule has 0 spiro atoms. The number of rotatable bonds is 5. The van der Waals surface area contributed by atoms with Crippen molar-refractivity contribution in [2.45, 2.75) is 44.7 Å². The largest absolute Gasteiger partial charge is 0.464 e. The van der Waals surface area contributed by atoms with E-state index < -0.39 is 5.97 Å². The Morgan fingerprint density at radius 3 is 2.58 bits per heavy atom. The fourth-order valence-electron chi connectivity index (χ4n) is 3.25. The van der Waals surface area contributed by atoms with Crippen LogP contribution in [0, 0.1) is 0 Å². The molecule has 0 radical (unpaired) electrons. The molecule has 26 heavy (non-hydrogen) atoms. The summed E-state index contributed by atoms with van der Waals surface area (Å²) in [6.45, 7) is 0.211. The summed E-state index contributed by atoms with van der Waals surface area (Å²) in [5.41, 5.74) is 0.671. The van der Waals surface area contributed by atoms with Crippen molar-refractivity contribution < 1.29 is 18.7 Å². The maximum Gasteiger partial charge on any atom is 0.360 e. The quantitative estimate of drug-likeness (QED) is 0.735. The first-order valence-corrected chi connectivity index (χ1v) is 9.05. The number of hydrogen-bond acceptors (Lipinski definition) is 5. The van der Waals surface area contributed by atoms with Crippen LogP contribution in [0.15, 0.2) is 34.9 Å². The summed E-state index contributed by atoms with van der Waals surface area (Å²) in [4.78, 5) is 30.6. The number of nitrogens with zero attached hydrogens (tertiary/aromatic N) is 2. The van der Waals surface area contributed by atoms with Gasteiger partial charge in [-0.2, -0.15) is 0 Å². The molecule has 0 atom stereocenters. The van der Waals surface area contributed by atoms with E-state index in [0.29, 0.717) is 16.5 Å². The first kappa shape index (κ1) is 18.5. The van der Waals surface area contributed by atoms with Crippen LogP contribution in [-0.2, 0) is 11.3 Å². The fourth-order valence-corrected chi connectivity index (χ4v) is 3.37. The van der Waals surface area contributed by atoms with Gasteiger partial charge in [-0.15, -0.1) is 0 Å². The molecule has 1 aliphatic carbocycles. The van der Waals surface area contributed by atoms with Gasteiger partial charge in [0.1, 0.15) is 6.26 Å². The molecule has 0 saturated heterocycles. The van der Waals surface area contributed by atoms with Crippen molar-refractivity contribution in [3.05, 3.63) is 52.7 Å². The van der Waals surface area contributed by atoms with E-state index in [1.54, 1.807) is 29.2 Å². The molecule has 7 heteroatoms. The second-order valence-corrected chi connectivity index (χ2v) is 6.79. The van der Waals surface area contributed by atoms with Crippen LogP contribution in [0.25, 0.3) is 0 Å². The van der Waals surface area contributed by atoms with E-state index in [-0.39, 0.29) is 24.2 Å². The maximum atomic E-state index is 13.1. The highest BCUT2D eigenvalue weighted by atomic mass is 35.5. The van der Waals surface area contributed by atoms with Crippen LogP contribution in [-0.4, -0.2) is 34.9 Å². The number of aromatic nitrogens is 1. The Kier molecular flexibility index (Phi) is 5.93. The Balaban J connectivity index is 1.83. The van der Waals surface area contributed by atoms with E-state index in [9.17, 15) is 9.59 Å². The summed E-state index contributed by atoms with van der Waals surface area (Å²) in [5, 5.41) is 0.584. The zero-order valence-corrected chi connectivity index (χ0v) is 15.4. The average Bonchev–Trinajstić information content (AvgIpc) is 3.15. The molecule has 0 aliphatic heterocycles. The van der Waals surface area contributed by atoms with Crippen LogP contribution in [0.3, 0.4) is 0 Å². The van der Waals surface area contributed by atoms with Crippen molar-refractivity contribution in [1.82, 2.24) is 9.88 Å². The van der Waals surface area contributed by atoms with Gasteiger partial charge in [0.05, 0.1) is 13.7 Å². The fraction of sp³-hybridized carbons (Fsp3) is 0.421. The zero-order chi connectivity index (χ0) is 18.5. The molecule has 0 bridgehead atoms. The Morgan fingerprint density at radius 1 is 1.23 bits per heavy atom. The van der Waals surface area contributed by atoms with Gasteiger partial charge >= 0.3 is 5.97 Å². The molecule has 1 fully saturated rings. The maximum absolute atomic E-state index is 13.1. The molecule has 1 aromatic heterocycles. The van der Waals surface area contributed by atoms with Crippen LogP contribution >= 0.6 is 11.6 Å². The van der Waals surface area contributed by atoms with Gasteiger partial charge in [-0.1, -0.05) is 30.9 Å². The molecule has 1 amide bonds. The zero-order valence-electron chi connectivity index (χ0n) is 14.6. The highest BCUT2D eigenvalue weighted by Crippen LogP contribution is 2.26. The van der Waals surface area contributed by atoms with Gasteiger partial charge in [0, 0.05) is 16.6 Å². The number of benzene rings is 1. The topological polar surface area (TPSA) is 72.6 Å². The highest BCUT2D eigenvalue weighted by molar-refractivity contribution is 6.30. The standard InChI is InChI=1S/C19H21ClN2O4/c1-25-19(24)16-12-26-17(21-16)11-22(15-5-3-2-4-6-15)18(23)13-7-9-14(20)10-8-13/h7-10,12,15H,2-6,11H2,1H3. The number of oxazole rings is 1. The van der Waals surface area contributed by atoms with E-state index >= 15 is 0 Å². The Morgan fingerprint density at radius 2 is 1.92 bits per heavy atom. The summed E-state index contributed by atoms with van der Waals surface area (Å²) in [5.74, 6) is -0.335. The summed E-state index contributed by atoms with van der Waals surface area (Å²) >= 11 is 5.93. The van der Waals surface area contributed by atoms with Gasteiger partial charge in [0.2, 0.25) is 5.89 Å². The second-order valence-electron chi connectivity index (χ2n) is 6.35. The predicted octanol–water partition coefficient (Wildman–Crippen LogP) is 4.09. The number of ether oxygens (including phenoxy) is 1. The van der Waals surface area contributed by atoms with Crippen LogP contribution in [0.5, 0.6) is 0 Å². The highest BCUT2D eigenvalue weighted by Gasteiger charge is 2.28. The van der Waals surface area contributed by atoms with E-state index in [1.807, 2.05) is 0 Å². The third-order valence-corrected chi connectivity index (χ3v) is 4.87. The lowest BCUT2D eigenvalue weighted by Gasteiger charge is -2.33. The van der Waals surface area contributed by atoms with Crippen LogP contribution in [0.1, 0.15) is 58.8 Å². The van der Waals surface area contributed by atoms with Gasteiger partial charge in [-0.25, -0.2) is 9.78 Å². The number of carbonyl (C=O) groups excluding carboxylic acids is 2. The molecule has 0 unspecified atom stereocenters. The summed E-state index contributed by atoms with van der Waals surface area (Å²) in [7, 11) is 1.29. The third kappa shape index (κ3) is 4.25. The van der Waals surface area contributed by atoms with E-state index in [4.69, 9.17) is 16.0 Å². The van der Waals surface area contributed by atoms with Crippen LogP contribution < -0.4 is 0 Å². The number of halogens is 1. The molecule has 0 N–H and O–H groups in total. The minimum absolute atomic E-state index is 0.0913. The average molecular weight is 377 g/mol. The molecular formula is C19H21ClN2O4. The summed E-state index contributed by atoms with van der Waals surface area (Å²) in [6.07, 6.45) is 6.52. The van der Waals surface area contributed by atoms with Crippen LogP contribution in [0.4, 0.5) is 0 Å². The van der Waals surface area contributed by atoms with Gasteiger partial charge in [-0.3, -0.25) is 4.79 Å². The minimum Gasteiger partial charge on any atom is -0.464 e. The van der Waals surface area contributed by atoms with E-state index in [0.717, 1.165) is 25.7 Å². The van der Waals surface area contributed by atoms with Crippen LogP contribution in [0.2, 0.25) is 5.02 Å². The van der Waals surface area contributed by atoms with Crippen molar-refractivity contribution in [2.24, 2.45) is 0 Å². The molecule has 2 aromatic rings. The van der Waals surface area contributed by atoms with E-state index in [1.165, 1.54) is 19.8 Å². The van der Waals surface area contributed by atoms with Gasteiger partial charge < -0.3 is 14.1 Å². The van der Waals surface area contributed by atoms with Gasteiger partial charge in [-0.05, 0) is 37.1 Å². The monoisotopic (exact) mass is 376 g/mol. The Hall–Kier alpha value is -2.34. The molecule has 138 valence electrons. The van der Waals surface area contributed by atoms with Crippen molar-refractivity contribution in [3.63, 3.8) is 0 Å². The molecule has 1 heterocycles. The first-order chi connectivity index (χ1) is 12.6. The van der Waals surface area contributed by atoms with Crippen molar-refractivity contribution >= 4 is 23.5 Å². The molecule has 3 rings (SSSR count). The lowest BCUT2D eigenvalue weighted by Crippen LogP contribution is -2.41. The van der Waals surface area contributed by atoms with Gasteiger partial charge in [0.25, 0.3) is 5.91 Å². The number of esters is 1. The van der Waals surface area contributed by atoms with Crippen molar-refractivity contribution in [1.29, 1.82) is 0 Å². The second kappa shape index (κ2) is 8.36. The molecule has 1 aromatic carbocycles. The van der Waals surface area contributed by atoms with Gasteiger partial charge in [0.15, 0.2) is 5.69 Å². The molecule has 1 aliphatic rings. The minimum atomic E-state index is -0.562. The number of carbonyl (C=O) groups is 2. The third-order valence-electron chi connectivity index (χ3n) is 4.62. The first-order valence-electron chi connectivity index (χ1n) is 8.67. The lowest BCUT2D eigenvalue weighted by molar-refractivity contribution is 0.0590.